The monoisotopic (exact) mass is 369 g/mol. The molecular weight excluding hydrogens is 338 g/mol. The minimum absolute atomic E-state index is 0.0493. The van der Waals surface area contributed by atoms with Crippen molar-refractivity contribution in [1.29, 1.82) is 0 Å². The molecule has 0 radical (unpaired) electrons. The minimum Gasteiger partial charge on any atom is -0.368 e. The fraction of sp³-hybridized carbons (Fsp3) is 0.765. The molecule has 0 aromatic heterocycles. The van der Waals surface area contributed by atoms with Crippen molar-refractivity contribution < 1.29 is 19.2 Å². The summed E-state index contributed by atoms with van der Waals surface area (Å²) in [5.41, 5.74) is 9.56. The van der Waals surface area contributed by atoms with Crippen LogP contribution in [-0.4, -0.2) is 71.7 Å². The van der Waals surface area contributed by atoms with Crippen LogP contribution in [0.5, 0.6) is 0 Å². The van der Waals surface area contributed by atoms with Gasteiger partial charge in [0, 0.05) is 25.0 Å². The molecule has 1 aliphatic heterocycles. The second-order valence-electron chi connectivity index (χ2n) is 7.46. The lowest BCUT2D eigenvalue weighted by atomic mass is 9.81. The number of nitrogens with two attached hydrogens (primary N) is 2. The molecule has 148 valence electrons. The fourth-order valence-electron chi connectivity index (χ4n) is 3.23. The minimum atomic E-state index is -0.957. The van der Waals surface area contributed by atoms with Crippen LogP contribution in [0.3, 0.4) is 0 Å². The van der Waals surface area contributed by atoms with Crippen molar-refractivity contribution in [2.24, 2.45) is 16.9 Å². The van der Waals surface area contributed by atoms with E-state index in [0.717, 1.165) is 0 Å². The van der Waals surface area contributed by atoms with Crippen LogP contribution in [0, 0.1) is 5.41 Å². The number of rotatable bonds is 9. The van der Waals surface area contributed by atoms with Gasteiger partial charge in [-0.1, -0.05) is 0 Å². The molecule has 0 saturated carbocycles. The van der Waals surface area contributed by atoms with E-state index in [4.69, 9.17) is 11.5 Å². The summed E-state index contributed by atoms with van der Waals surface area (Å²) in [7, 11) is 0. The van der Waals surface area contributed by atoms with E-state index in [-0.39, 0.29) is 43.4 Å². The Morgan fingerprint density at radius 1 is 0.962 bits per heavy atom. The van der Waals surface area contributed by atoms with E-state index in [1.54, 1.807) is 27.7 Å². The molecule has 0 aromatic rings. The van der Waals surface area contributed by atoms with E-state index in [1.807, 2.05) is 0 Å². The topological polar surface area (TPSA) is 139 Å². The Hall–Kier alpha value is -2.16. The van der Waals surface area contributed by atoms with E-state index in [9.17, 15) is 19.2 Å². The Morgan fingerprint density at radius 3 is 1.85 bits per heavy atom. The number of nitrogens with zero attached hydrogens (tertiary/aromatic N) is 2. The molecule has 0 spiro atoms. The number of hydrogen-bond donors (Lipinski definition) is 3. The third kappa shape index (κ3) is 5.42. The van der Waals surface area contributed by atoms with Crippen LogP contribution < -0.4 is 16.8 Å². The Kier molecular flexibility index (Phi) is 7.55. The molecule has 1 atom stereocenters. The van der Waals surface area contributed by atoms with Crippen LogP contribution in [0.1, 0.15) is 40.5 Å². The maximum absolute atomic E-state index is 13.2. The van der Waals surface area contributed by atoms with Gasteiger partial charge in [-0.3, -0.25) is 19.2 Å². The summed E-state index contributed by atoms with van der Waals surface area (Å²) in [5.74, 6) is -1.78. The van der Waals surface area contributed by atoms with Crippen molar-refractivity contribution in [3.63, 3.8) is 0 Å². The standard InChI is InChI=1S/C17H31N5O4/c1-11(2)21(8-13(18)23)15(25)7-17(5-6-20-10-17)16(26)22(12(3)4)9-14(19)24/h11-12,20H,5-10H2,1-4H3,(H2,18,23)(H2,19,24). The van der Waals surface area contributed by atoms with Crippen molar-refractivity contribution in [2.75, 3.05) is 26.2 Å². The van der Waals surface area contributed by atoms with Gasteiger partial charge in [0.25, 0.3) is 0 Å². The van der Waals surface area contributed by atoms with Gasteiger partial charge in [0.05, 0.1) is 18.5 Å². The van der Waals surface area contributed by atoms with Gasteiger partial charge < -0.3 is 26.6 Å². The number of hydrogen-bond acceptors (Lipinski definition) is 5. The van der Waals surface area contributed by atoms with Gasteiger partial charge in [0.15, 0.2) is 0 Å². The molecule has 0 bridgehead atoms. The molecular formula is C17H31N5O4. The summed E-state index contributed by atoms with van der Waals surface area (Å²) >= 11 is 0. The second kappa shape index (κ2) is 8.98. The summed E-state index contributed by atoms with van der Waals surface area (Å²) in [4.78, 5) is 51.5. The van der Waals surface area contributed by atoms with Crippen molar-refractivity contribution in [3.8, 4) is 0 Å². The number of primary amides is 2. The lowest BCUT2D eigenvalue weighted by Gasteiger charge is -2.37. The van der Waals surface area contributed by atoms with Crippen molar-refractivity contribution in [1.82, 2.24) is 15.1 Å². The Labute approximate surface area is 154 Å². The Balaban J connectivity index is 3.08. The average Bonchev–Trinajstić information content (AvgIpc) is 2.98. The van der Waals surface area contributed by atoms with E-state index in [2.05, 4.69) is 5.32 Å². The van der Waals surface area contributed by atoms with Gasteiger partial charge in [-0.2, -0.15) is 0 Å². The van der Waals surface area contributed by atoms with Crippen LogP contribution >= 0.6 is 0 Å². The second-order valence-corrected chi connectivity index (χ2v) is 7.46. The molecule has 9 heteroatoms. The number of carbonyl (C=O) groups excluding carboxylic acids is 4. The summed E-state index contributed by atoms with van der Waals surface area (Å²) in [6, 6.07) is -0.447. The molecule has 1 heterocycles. The molecule has 5 N–H and O–H groups in total. The van der Waals surface area contributed by atoms with Gasteiger partial charge in [-0.15, -0.1) is 0 Å². The smallest absolute Gasteiger partial charge is 0.237 e. The largest absolute Gasteiger partial charge is 0.368 e. The third-order valence-corrected chi connectivity index (χ3v) is 4.67. The molecule has 0 aromatic carbocycles. The highest BCUT2D eigenvalue weighted by Gasteiger charge is 2.46. The maximum atomic E-state index is 13.2. The van der Waals surface area contributed by atoms with Gasteiger partial charge in [-0.25, -0.2) is 0 Å². The van der Waals surface area contributed by atoms with Crippen molar-refractivity contribution in [2.45, 2.75) is 52.6 Å². The van der Waals surface area contributed by atoms with E-state index >= 15 is 0 Å². The quantitative estimate of drug-likeness (QED) is 0.468. The summed E-state index contributed by atoms with van der Waals surface area (Å²) in [6.07, 6.45) is 0.425. The normalized spacial score (nSPS) is 19.6. The van der Waals surface area contributed by atoms with Gasteiger partial charge in [0.2, 0.25) is 23.6 Å². The highest BCUT2D eigenvalue weighted by Crippen LogP contribution is 2.34. The first-order valence-electron chi connectivity index (χ1n) is 8.88. The van der Waals surface area contributed by atoms with E-state index < -0.39 is 17.2 Å². The van der Waals surface area contributed by atoms with Crippen molar-refractivity contribution >= 4 is 23.6 Å². The fourth-order valence-corrected chi connectivity index (χ4v) is 3.23. The van der Waals surface area contributed by atoms with Crippen LogP contribution in [0.2, 0.25) is 0 Å². The van der Waals surface area contributed by atoms with Crippen LogP contribution in [0.15, 0.2) is 0 Å². The first kappa shape index (κ1) is 21.9. The molecule has 1 saturated heterocycles. The highest BCUT2D eigenvalue weighted by atomic mass is 16.2. The highest BCUT2D eigenvalue weighted by molar-refractivity contribution is 5.93. The molecule has 1 aliphatic rings. The summed E-state index contributed by atoms with van der Waals surface area (Å²) in [6.45, 7) is 7.72. The zero-order valence-electron chi connectivity index (χ0n) is 16.1. The number of nitrogens with one attached hydrogen (secondary N) is 1. The first-order chi connectivity index (χ1) is 12.0. The van der Waals surface area contributed by atoms with Crippen LogP contribution in [-0.2, 0) is 19.2 Å². The zero-order valence-corrected chi connectivity index (χ0v) is 16.1. The van der Waals surface area contributed by atoms with Gasteiger partial charge in [-0.05, 0) is 40.7 Å². The van der Waals surface area contributed by atoms with Gasteiger partial charge in [0.1, 0.15) is 0 Å². The zero-order chi connectivity index (χ0) is 20.1. The van der Waals surface area contributed by atoms with Crippen LogP contribution in [0.25, 0.3) is 0 Å². The molecule has 9 nitrogen and oxygen atoms in total. The molecule has 1 fully saturated rings. The Morgan fingerprint density at radius 2 is 1.46 bits per heavy atom. The molecule has 4 amide bonds. The summed E-state index contributed by atoms with van der Waals surface area (Å²) < 4.78 is 0. The van der Waals surface area contributed by atoms with Gasteiger partial charge >= 0.3 is 0 Å². The third-order valence-electron chi connectivity index (χ3n) is 4.67. The van der Waals surface area contributed by atoms with Crippen LogP contribution in [0.4, 0.5) is 0 Å². The number of carbonyl (C=O) groups is 4. The van der Waals surface area contributed by atoms with E-state index in [0.29, 0.717) is 19.5 Å². The lowest BCUT2D eigenvalue weighted by Crippen LogP contribution is -2.53. The SMILES string of the molecule is CC(C)N(CC(N)=O)C(=O)CC1(C(=O)N(CC(N)=O)C(C)C)CCNC1. The Bertz CT molecular complexity index is 555. The van der Waals surface area contributed by atoms with Crippen molar-refractivity contribution in [3.05, 3.63) is 0 Å². The number of amides is 4. The predicted octanol–water partition coefficient (Wildman–Crippen LogP) is -1.20. The van der Waals surface area contributed by atoms with E-state index in [1.165, 1.54) is 9.80 Å². The maximum Gasteiger partial charge on any atom is 0.237 e. The molecule has 1 unspecified atom stereocenters. The molecule has 1 rings (SSSR count). The first-order valence-corrected chi connectivity index (χ1v) is 8.88. The summed E-state index contributed by atoms with van der Waals surface area (Å²) in [5, 5.41) is 3.13. The molecule has 0 aliphatic carbocycles. The lowest BCUT2D eigenvalue weighted by molar-refractivity contribution is -0.151. The average molecular weight is 369 g/mol. The predicted molar refractivity (Wildman–Crippen MR) is 96.6 cm³/mol. The molecule has 26 heavy (non-hydrogen) atoms.